The van der Waals surface area contributed by atoms with Gasteiger partial charge in [-0.15, -0.1) is 0 Å². The zero-order chi connectivity index (χ0) is 27.1. The summed E-state index contributed by atoms with van der Waals surface area (Å²) in [6, 6.07) is 9.63. The van der Waals surface area contributed by atoms with Crippen molar-refractivity contribution in [2.45, 2.75) is 31.6 Å². The van der Waals surface area contributed by atoms with E-state index in [4.69, 9.17) is 9.25 Å². The molecule has 0 saturated heterocycles. The van der Waals surface area contributed by atoms with E-state index >= 15 is 0 Å². The Morgan fingerprint density at radius 2 is 1.82 bits per heavy atom. The van der Waals surface area contributed by atoms with E-state index in [1.807, 2.05) is 6.07 Å². The van der Waals surface area contributed by atoms with Gasteiger partial charge in [0.15, 0.2) is 5.84 Å². The number of sulfone groups is 1. The van der Waals surface area contributed by atoms with Crippen molar-refractivity contribution in [3.8, 4) is 11.3 Å². The number of hydrogen-bond acceptors (Lipinski definition) is 8. The molecule has 1 aromatic heterocycles. The lowest BCUT2D eigenvalue weighted by Gasteiger charge is -2.25. The van der Waals surface area contributed by atoms with Crippen LogP contribution in [0.4, 0.5) is 10.1 Å². The molecule has 9 nitrogen and oxygen atoms in total. The molecule has 204 valence electrons. The first-order chi connectivity index (χ1) is 18.0. The molecular formula is C26H30FN3O6S2. The second-order valence-electron chi connectivity index (χ2n) is 9.85. The summed E-state index contributed by atoms with van der Waals surface area (Å²) in [5.74, 6) is 0.781. The van der Waals surface area contributed by atoms with Crippen LogP contribution in [0.25, 0.3) is 22.3 Å². The van der Waals surface area contributed by atoms with Crippen LogP contribution < -0.4 is 9.79 Å². The molecule has 2 aromatic carbocycles. The summed E-state index contributed by atoms with van der Waals surface area (Å²) in [6.45, 7) is 1.03. The van der Waals surface area contributed by atoms with Gasteiger partial charge in [0.25, 0.3) is 0 Å². The fraction of sp³-hybridized carbons (Fsp3) is 0.423. The summed E-state index contributed by atoms with van der Waals surface area (Å²) in [5, 5.41) is 0.747. The highest BCUT2D eigenvalue weighted by molar-refractivity contribution is 7.92. The Balaban J connectivity index is 1.64. The minimum Gasteiger partial charge on any atom is -0.455 e. The summed E-state index contributed by atoms with van der Waals surface area (Å²) in [4.78, 5) is 10.0. The fourth-order valence-electron chi connectivity index (χ4n) is 4.70. The number of hydrogen-bond donors (Lipinski definition) is 1. The number of fused-ring (bicyclic) bond motifs is 1. The van der Waals surface area contributed by atoms with Crippen molar-refractivity contribution in [1.29, 1.82) is 0 Å². The van der Waals surface area contributed by atoms with Crippen molar-refractivity contribution in [3.05, 3.63) is 53.3 Å². The Morgan fingerprint density at radius 1 is 1.08 bits per heavy atom. The second kappa shape index (κ2) is 10.3. The van der Waals surface area contributed by atoms with Gasteiger partial charge >= 0.3 is 0 Å². The van der Waals surface area contributed by atoms with Crippen LogP contribution in [0.3, 0.4) is 0 Å². The molecule has 0 amide bonds. The molecule has 2 heterocycles. The van der Waals surface area contributed by atoms with E-state index in [9.17, 15) is 21.2 Å². The highest BCUT2D eigenvalue weighted by atomic mass is 32.2. The molecule has 1 aliphatic heterocycles. The number of nitrogens with zero attached hydrogens (tertiary/aromatic N) is 2. The van der Waals surface area contributed by atoms with Gasteiger partial charge < -0.3 is 4.42 Å². The molecule has 1 saturated carbocycles. The zero-order valence-electron chi connectivity index (χ0n) is 21.2. The van der Waals surface area contributed by atoms with Gasteiger partial charge in [-0.05, 0) is 67.5 Å². The Kier molecular flexibility index (Phi) is 7.23. The number of unbranched alkanes of at least 4 members (excludes halogenated alkanes) is 1. The smallest absolute Gasteiger partial charge is 0.232 e. The average Bonchev–Trinajstić information content (AvgIpc) is 3.63. The number of hydroxylamine groups is 1. The standard InChI is InChI=1S/C26H30FN3O6S2/c1-37(31,32)14-4-3-12-30(38(2,33)34)22-16-23-21(15-20(22)17-5-6-17)24(26-28-11-13-35-29-26)25(36-23)18-7-9-19(27)10-8-18/h7-10,15-17H,3-6,11-14H2,1-2H3,(H,28,29). The number of nitrogens with one attached hydrogen (secondary N) is 1. The first-order valence-corrected chi connectivity index (χ1v) is 16.4. The summed E-state index contributed by atoms with van der Waals surface area (Å²) >= 11 is 0. The Bertz CT molecular complexity index is 1590. The molecular weight excluding hydrogens is 533 g/mol. The fourth-order valence-corrected chi connectivity index (χ4v) is 6.40. The van der Waals surface area contributed by atoms with Gasteiger partial charge in [-0.3, -0.25) is 14.1 Å². The largest absolute Gasteiger partial charge is 0.455 e. The van der Waals surface area contributed by atoms with Crippen molar-refractivity contribution in [2.75, 3.05) is 42.3 Å². The monoisotopic (exact) mass is 563 g/mol. The minimum absolute atomic E-state index is 0.00112. The number of amidine groups is 1. The van der Waals surface area contributed by atoms with Crippen LogP contribution in [-0.2, 0) is 24.7 Å². The van der Waals surface area contributed by atoms with Gasteiger partial charge in [0.05, 0.1) is 30.7 Å². The number of halogens is 1. The summed E-state index contributed by atoms with van der Waals surface area (Å²) < 4.78 is 70.3. The van der Waals surface area contributed by atoms with Crippen molar-refractivity contribution >= 4 is 42.4 Å². The van der Waals surface area contributed by atoms with E-state index in [-0.39, 0.29) is 24.0 Å². The number of benzene rings is 2. The molecule has 38 heavy (non-hydrogen) atoms. The predicted octanol–water partition coefficient (Wildman–Crippen LogP) is 3.99. The summed E-state index contributed by atoms with van der Waals surface area (Å²) in [5.41, 5.74) is 6.05. The maximum Gasteiger partial charge on any atom is 0.232 e. The lowest BCUT2D eigenvalue weighted by molar-refractivity contribution is 0.0827. The third-order valence-corrected chi connectivity index (χ3v) is 8.84. The van der Waals surface area contributed by atoms with Crippen LogP contribution in [-0.4, -0.2) is 60.6 Å². The average molecular weight is 564 g/mol. The third-order valence-electron chi connectivity index (χ3n) is 6.63. The van der Waals surface area contributed by atoms with E-state index in [1.54, 1.807) is 18.2 Å². The number of furan rings is 1. The van der Waals surface area contributed by atoms with Crippen molar-refractivity contribution in [1.82, 2.24) is 5.48 Å². The number of aliphatic imine (C=N–C) groups is 1. The van der Waals surface area contributed by atoms with Crippen molar-refractivity contribution in [2.24, 2.45) is 4.99 Å². The quantitative estimate of drug-likeness (QED) is 0.371. The van der Waals surface area contributed by atoms with Gasteiger partial charge in [-0.1, -0.05) is 0 Å². The normalized spacial score (nSPS) is 16.3. The maximum absolute atomic E-state index is 13.7. The lowest BCUT2D eigenvalue weighted by Crippen LogP contribution is -2.32. The lowest BCUT2D eigenvalue weighted by atomic mass is 10.00. The van der Waals surface area contributed by atoms with E-state index in [0.29, 0.717) is 60.0 Å². The van der Waals surface area contributed by atoms with Gasteiger partial charge in [-0.2, -0.15) is 0 Å². The van der Waals surface area contributed by atoms with Crippen molar-refractivity contribution < 1.29 is 30.5 Å². The molecule has 12 heteroatoms. The SMILES string of the molecule is CS(=O)(=O)CCCCN(c1cc2oc(-c3ccc(F)cc3)c(C3=NCCON3)c2cc1C1CC1)S(C)(=O)=O. The molecule has 1 fully saturated rings. The zero-order valence-corrected chi connectivity index (χ0v) is 22.9. The summed E-state index contributed by atoms with van der Waals surface area (Å²) in [6.07, 6.45) is 4.95. The van der Waals surface area contributed by atoms with E-state index in [2.05, 4.69) is 10.5 Å². The Labute approximate surface area is 221 Å². The molecule has 1 aliphatic carbocycles. The highest BCUT2D eigenvalue weighted by Crippen LogP contribution is 2.48. The first kappa shape index (κ1) is 26.6. The van der Waals surface area contributed by atoms with Crippen LogP contribution in [0.2, 0.25) is 0 Å². The topological polar surface area (TPSA) is 118 Å². The van der Waals surface area contributed by atoms with E-state index in [0.717, 1.165) is 30.0 Å². The minimum atomic E-state index is -3.67. The molecule has 0 unspecified atom stereocenters. The third kappa shape index (κ3) is 5.87. The van der Waals surface area contributed by atoms with Crippen molar-refractivity contribution in [3.63, 3.8) is 0 Å². The van der Waals surface area contributed by atoms with Gasteiger partial charge in [0.1, 0.15) is 27.0 Å². The maximum atomic E-state index is 13.7. The van der Waals surface area contributed by atoms with E-state index < -0.39 is 19.9 Å². The Morgan fingerprint density at radius 3 is 2.42 bits per heavy atom. The van der Waals surface area contributed by atoms with Crippen LogP contribution >= 0.6 is 0 Å². The van der Waals surface area contributed by atoms with Gasteiger partial charge in [0.2, 0.25) is 10.0 Å². The highest BCUT2D eigenvalue weighted by Gasteiger charge is 2.33. The Hall–Kier alpha value is -2.96. The molecule has 2 aliphatic rings. The second-order valence-corrected chi connectivity index (χ2v) is 14.0. The number of rotatable bonds is 10. The molecule has 5 rings (SSSR count). The number of anilines is 1. The molecule has 3 aromatic rings. The molecule has 0 atom stereocenters. The molecule has 0 bridgehead atoms. The van der Waals surface area contributed by atoms with Crippen LogP contribution in [0.1, 0.15) is 42.7 Å². The first-order valence-electron chi connectivity index (χ1n) is 12.5. The molecule has 0 radical (unpaired) electrons. The number of sulfonamides is 1. The van der Waals surface area contributed by atoms with Crippen LogP contribution in [0, 0.1) is 5.82 Å². The molecule has 0 spiro atoms. The van der Waals surface area contributed by atoms with Gasteiger partial charge in [-0.25, -0.2) is 26.7 Å². The predicted molar refractivity (Wildman–Crippen MR) is 145 cm³/mol. The molecule has 1 N–H and O–H groups in total. The van der Waals surface area contributed by atoms with Crippen LogP contribution in [0.5, 0.6) is 0 Å². The van der Waals surface area contributed by atoms with Gasteiger partial charge in [0, 0.05) is 35.6 Å². The van der Waals surface area contributed by atoms with E-state index in [1.165, 1.54) is 22.7 Å². The summed E-state index contributed by atoms with van der Waals surface area (Å²) in [7, 11) is -6.81. The van der Waals surface area contributed by atoms with Crippen LogP contribution in [0.15, 0.2) is 45.8 Å².